The molecule has 0 aliphatic carbocycles. The lowest BCUT2D eigenvalue weighted by molar-refractivity contribution is -0.0963. The van der Waals surface area contributed by atoms with Crippen molar-refractivity contribution in [3.8, 4) is 0 Å². The summed E-state index contributed by atoms with van der Waals surface area (Å²) in [4.78, 5) is 6.49. The molecule has 1 aliphatic rings. The predicted octanol–water partition coefficient (Wildman–Crippen LogP) is 1.65. The van der Waals surface area contributed by atoms with Gasteiger partial charge in [0.05, 0.1) is 31.6 Å². The van der Waals surface area contributed by atoms with Gasteiger partial charge in [0.2, 0.25) is 0 Å². The Labute approximate surface area is 108 Å². The fraction of sp³-hybridized carbons (Fsp3) is 0.769. The minimum atomic E-state index is 0.165. The summed E-state index contributed by atoms with van der Waals surface area (Å²) in [5, 5.41) is 0. The molecule has 0 bridgehead atoms. The second-order valence-corrected chi connectivity index (χ2v) is 5.08. The topological polar surface area (TPSA) is 47.7 Å². The van der Waals surface area contributed by atoms with Gasteiger partial charge in [0, 0.05) is 19.0 Å². The Hall–Kier alpha value is -0.910. The molecule has 1 atom stereocenters. The van der Waals surface area contributed by atoms with Crippen LogP contribution in [0.5, 0.6) is 0 Å². The van der Waals surface area contributed by atoms with Gasteiger partial charge >= 0.3 is 0 Å². The molecule has 0 aromatic carbocycles. The maximum Gasteiger partial charge on any atom is 0.181 e. The molecule has 1 fully saturated rings. The summed E-state index contributed by atoms with van der Waals surface area (Å²) in [5.74, 6) is 1.34. The summed E-state index contributed by atoms with van der Waals surface area (Å²) < 4.78 is 16.5. The third-order valence-electron chi connectivity index (χ3n) is 3.02. The summed E-state index contributed by atoms with van der Waals surface area (Å²) >= 11 is 0. The molecule has 5 nitrogen and oxygen atoms in total. The highest BCUT2D eigenvalue weighted by Gasteiger charge is 2.19. The van der Waals surface area contributed by atoms with Crippen molar-refractivity contribution in [1.82, 2.24) is 9.88 Å². The first-order valence-corrected chi connectivity index (χ1v) is 6.47. The number of hydrogen-bond donors (Lipinski definition) is 0. The maximum absolute atomic E-state index is 5.63. The fourth-order valence-electron chi connectivity index (χ4n) is 2.18. The van der Waals surface area contributed by atoms with Crippen molar-refractivity contribution < 1.29 is 13.9 Å². The quantitative estimate of drug-likeness (QED) is 0.799. The van der Waals surface area contributed by atoms with Crippen LogP contribution in [0.2, 0.25) is 0 Å². The zero-order chi connectivity index (χ0) is 13.0. The van der Waals surface area contributed by atoms with Crippen molar-refractivity contribution in [3.63, 3.8) is 0 Å². The molecule has 0 radical (unpaired) electrons. The number of hydrogen-bond acceptors (Lipinski definition) is 5. The van der Waals surface area contributed by atoms with E-state index in [0.717, 1.165) is 24.5 Å². The maximum atomic E-state index is 5.63. The lowest BCUT2D eigenvalue weighted by Gasteiger charge is -2.27. The molecule has 1 unspecified atom stereocenters. The van der Waals surface area contributed by atoms with Crippen LogP contribution in [-0.2, 0) is 16.0 Å². The number of nitrogens with zero attached hydrogens (tertiary/aromatic N) is 2. The summed E-state index contributed by atoms with van der Waals surface area (Å²) in [6.07, 6.45) is 1.69. The molecule has 1 aromatic rings. The zero-order valence-corrected chi connectivity index (χ0v) is 11.4. The normalized spacial score (nSPS) is 20.8. The van der Waals surface area contributed by atoms with E-state index in [4.69, 9.17) is 13.9 Å². The number of oxazole rings is 1. The highest BCUT2D eigenvalue weighted by molar-refractivity contribution is 5.10. The molecular formula is C13H22N2O3. The van der Waals surface area contributed by atoms with Crippen molar-refractivity contribution in [1.29, 1.82) is 0 Å². The highest BCUT2D eigenvalue weighted by atomic mass is 16.6. The van der Waals surface area contributed by atoms with Gasteiger partial charge in [-0.05, 0) is 7.05 Å². The fourth-order valence-corrected chi connectivity index (χ4v) is 2.18. The van der Waals surface area contributed by atoms with Gasteiger partial charge < -0.3 is 13.9 Å². The van der Waals surface area contributed by atoms with Crippen molar-refractivity contribution in [3.05, 3.63) is 17.8 Å². The van der Waals surface area contributed by atoms with E-state index in [-0.39, 0.29) is 6.10 Å². The Bertz CT molecular complexity index is 359. The third-order valence-corrected chi connectivity index (χ3v) is 3.02. The Balaban J connectivity index is 1.86. The number of ether oxygens (including phenoxy) is 2. The second kappa shape index (κ2) is 6.31. The molecule has 2 rings (SSSR count). The molecular weight excluding hydrogens is 232 g/mol. The van der Waals surface area contributed by atoms with Crippen LogP contribution < -0.4 is 0 Å². The zero-order valence-electron chi connectivity index (χ0n) is 11.4. The van der Waals surface area contributed by atoms with E-state index < -0.39 is 0 Å². The Morgan fingerprint density at radius 1 is 1.44 bits per heavy atom. The van der Waals surface area contributed by atoms with Crippen molar-refractivity contribution >= 4 is 0 Å². The lowest BCUT2D eigenvalue weighted by atomic mass is 10.1. The van der Waals surface area contributed by atoms with Gasteiger partial charge in [-0.15, -0.1) is 0 Å². The van der Waals surface area contributed by atoms with Crippen LogP contribution in [0.4, 0.5) is 0 Å². The van der Waals surface area contributed by atoms with Crippen molar-refractivity contribution in [2.45, 2.75) is 32.4 Å². The molecule has 1 saturated heterocycles. The van der Waals surface area contributed by atoms with Gasteiger partial charge in [0.1, 0.15) is 5.76 Å². The average Bonchev–Trinajstić information content (AvgIpc) is 2.78. The van der Waals surface area contributed by atoms with Gasteiger partial charge in [0.15, 0.2) is 6.39 Å². The number of likely N-dealkylation sites (N-methyl/N-ethyl adjacent to an activating group) is 1. The predicted molar refractivity (Wildman–Crippen MR) is 67.5 cm³/mol. The van der Waals surface area contributed by atoms with Crippen LogP contribution in [0.25, 0.3) is 0 Å². The first-order valence-electron chi connectivity index (χ1n) is 6.47. The van der Waals surface area contributed by atoms with E-state index in [1.807, 2.05) is 0 Å². The summed E-state index contributed by atoms with van der Waals surface area (Å²) in [5.41, 5.74) is 1.02. The van der Waals surface area contributed by atoms with Crippen LogP contribution in [-0.4, -0.2) is 49.4 Å². The minimum absolute atomic E-state index is 0.165. The van der Waals surface area contributed by atoms with Crippen LogP contribution in [0.15, 0.2) is 10.8 Å². The first-order chi connectivity index (χ1) is 8.66. The molecule has 0 amide bonds. The Kier molecular flexibility index (Phi) is 4.74. The average molecular weight is 254 g/mol. The second-order valence-electron chi connectivity index (χ2n) is 5.08. The summed E-state index contributed by atoms with van der Waals surface area (Å²) in [6.45, 7) is 7.94. The molecule has 0 N–H and O–H groups in total. The van der Waals surface area contributed by atoms with E-state index in [1.165, 1.54) is 6.39 Å². The van der Waals surface area contributed by atoms with Gasteiger partial charge in [-0.2, -0.15) is 0 Å². The number of rotatable bonds is 5. The van der Waals surface area contributed by atoms with E-state index in [0.29, 0.717) is 25.7 Å². The summed E-state index contributed by atoms with van der Waals surface area (Å²) in [7, 11) is 2.07. The van der Waals surface area contributed by atoms with Crippen molar-refractivity contribution in [2.75, 3.05) is 33.4 Å². The largest absolute Gasteiger partial charge is 0.448 e. The van der Waals surface area contributed by atoms with Crippen LogP contribution in [0.3, 0.4) is 0 Å². The standard InChI is InChI=1S/C13H22N2O3/c1-10(2)13-12(14-9-18-13)7-15(3)6-11-8-16-4-5-17-11/h9-11H,4-8H2,1-3H3. The molecule has 0 spiro atoms. The van der Waals surface area contributed by atoms with Gasteiger partial charge in [-0.3, -0.25) is 4.90 Å². The van der Waals surface area contributed by atoms with Crippen LogP contribution in [0.1, 0.15) is 31.2 Å². The Morgan fingerprint density at radius 2 is 2.28 bits per heavy atom. The van der Waals surface area contributed by atoms with Gasteiger partial charge in [-0.1, -0.05) is 13.8 Å². The molecule has 1 aromatic heterocycles. The van der Waals surface area contributed by atoms with Gasteiger partial charge in [0.25, 0.3) is 0 Å². The molecule has 18 heavy (non-hydrogen) atoms. The summed E-state index contributed by atoms with van der Waals surface area (Å²) in [6, 6.07) is 0. The van der Waals surface area contributed by atoms with Gasteiger partial charge in [-0.25, -0.2) is 4.98 Å². The monoisotopic (exact) mass is 254 g/mol. The molecule has 5 heteroatoms. The molecule has 0 saturated carbocycles. The Morgan fingerprint density at radius 3 is 2.94 bits per heavy atom. The number of aromatic nitrogens is 1. The van der Waals surface area contributed by atoms with E-state index >= 15 is 0 Å². The van der Waals surface area contributed by atoms with E-state index in [2.05, 4.69) is 30.8 Å². The lowest BCUT2D eigenvalue weighted by Crippen LogP contribution is -2.38. The van der Waals surface area contributed by atoms with E-state index in [1.54, 1.807) is 0 Å². The molecule has 1 aliphatic heterocycles. The SMILES string of the molecule is CC(C)c1ocnc1CN(C)CC1COCCO1. The van der Waals surface area contributed by atoms with Crippen molar-refractivity contribution in [2.24, 2.45) is 0 Å². The molecule has 102 valence electrons. The minimum Gasteiger partial charge on any atom is -0.448 e. The van der Waals surface area contributed by atoms with Crippen LogP contribution in [0, 0.1) is 0 Å². The smallest absolute Gasteiger partial charge is 0.181 e. The first kappa shape index (κ1) is 13.5. The highest BCUT2D eigenvalue weighted by Crippen LogP contribution is 2.19. The molecule has 2 heterocycles. The van der Waals surface area contributed by atoms with E-state index in [9.17, 15) is 0 Å². The third kappa shape index (κ3) is 3.54. The van der Waals surface area contributed by atoms with Crippen LogP contribution >= 0.6 is 0 Å².